The van der Waals surface area contributed by atoms with Crippen molar-refractivity contribution in [2.24, 2.45) is 4.99 Å². The number of hydrogen-bond donors (Lipinski definition) is 3. The molecule has 3 rings (SSSR count). The zero-order chi connectivity index (χ0) is 20.6. The van der Waals surface area contributed by atoms with Gasteiger partial charge >= 0.3 is 0 Å². The Morgan fingerprint density at radius 3 is 2.66 bits per heavy atom. The molecule has 0 saturated carbocycles. The number of carbonyl (C=O) groups is 1. The molecule has 1 amide bonds. The molecule has 0 aromatic heterocycles. The van der Waals surface area contributed by atoms with Crippen molar-refractivity contribution in [3.63, 3.8) is 0 Å². The van der Waals surface area contributed by atoms with Crippen molar-refractivity contribution in [2.75, 3.05) is 25.1 Å². The van der Waals surface area contributed by atoms with Crippen LogP contribution >= 0.6 is 0 Å². The van der Waals surface area contributed by atoms with E-state index in [4.69, 9.17) is 4.74 Å². The van der Waals surface area contributed by atoms with Crippen molar-refractivity contribution < 1.29 is 14.6 Å². The minimum atomic E-state index is 0.130. The lowest BCUT2D eigenvalue weighted by Gasteiger charge is -2.16. The number of nitrogens with one attached hydrogen (secondary N) is 2. The number of amides is 1. The second kappa shape index (κ2) is 9.82. The van der Waals surface area contributed by atoms with Crippen molar-refractivity contribution in [3.8, 4) is 11.5 Å². The van der Waals surface area contributed by atoms with Crippen LogP contribution in [-0.4, -0.2) is 37.2 Å². The molecule has 3 N–H and O–H groups in total. The first-order valence-corrected chi connectivity index (χ1v) is 9.88. The summed E-state index contributed by atoms with van der Waals surface area (Å²) in [6, 6.07) is 13.4. The van der Waals surface area contributed by atoms with E-state index in [1.807, 2.05) is 48.2 Å². The Labute approximate surface area is 171 Å². The second-order valence-electron chi connectivity index (χ2n) is 6.83. The van der Waals surface area contributed by atoms with E-state index in [1.165, 1.54) is 7.11 Å². The van der Waals surface area contributed by atoms with E-state index in [0.717, 1.165) is 36.3 Å². The third-order valence-corrected chi connectivity index (χ3v) is 4.83. The van der Waals surface area contributed by atoms with Gasteiger partial charge in [-0.25, -0.2) is 4.99 Å². The lowest BCUT2D eigenvalue weighted by atomic mass is 10.2. The van der Waals surface area contributed by atoms with Gasteiger partial charge in [0.2, 0.25) is 5.91 Å². The number of aliphatic imine (C=N–C) groups is 1. The van der Waals surface area contributed by atoms with Gasteiger partial charge in [-0.1, -0.05) is 24.3 Å². The Kier molecular flexibility index (Phi) is 6.94. The largest absolute Gasteiger partial charge is 0.504 e. The predicted octanol–water partition coefficient (Wildman–Crippen LogP) is 2.78. The number of nitrogens with zero attached hydrogens (tertiary/aromatic N) is 2. The predicted molar refractivity (Wildman–Crippen MR) is 114 cm³/mol. The van der Waals surface area contributed by atoms with Crippen LogP contribution in [0.1, 0.15) is 30.9 Å². The second-order valence-corrected chi connectivity index (χ2v) is 6.83. The summed E-state index contributed by atoms with van der Waals surface area (Å²) in [5.74, 6) is 1.43. The van der Waals surface area contributed by atoms with E-state index in [9.17, 15) is 9.90 Å². The molecule has 0 atom stereocenters. The van der Waals surface area contributed by atoms with Crippen LogP contribution in [0.15, 0.2) is 47.5 Å². The molecule has 1 heterocycles. The quantitative estimate of drug-likeness (QED) is 0.495. The number of para-hydroxylation sites is 1. The molecule has 0 spiro atoms. The van der Waals surface area contributed by atoms with Crippen LogP contribution < -0.4 is 20.3 Å². The van der Waals surface area contributed by atoms with Crippen LogP contribution in [0.4, 0.5) is 5.69 Å². The van der Waals surface area contributed by atoms with Gasteiger partial charge < -0.3 is 25.4 Å². The number of methoxy groups -OCH3 is 1. The van der Waals surface area contributed by atoms with Crippen molar-refractivity contribution >= 4 is 17.6 Å². The number of rotatable bonds is 7. The van der Waals surface area contributed by atoms with Crippen molar-refractivity contribution in [1.29, 1.82) is 0 Å². The highest BCUT2D eigenvalue weighted by Gasteiger charge is 2.21. The molecular formula is C22H28N4O3. The van der Waals surface area contributed by atoms with Crippen LogP contribution in [0.5, 0.6) is 11.5 Å². The summed E-state index contributed by atoms with van der Waals surface area (Å²) < 4.78 is 5.15. The van der Waals surface area contributed by atoms with Gasteiger partial charge in [0.15, 0.2) is 17.5 Å². The molecule has 2 aromatic carbocycles. The molecule has 1 fully saturated rings. The average Bonchev–Trinajstić information content (AvgIpc) is 3.17. The molecule has 1 aliphatic heterocycles. The van der Waals surface area contributed by atoms with Crippen molar-refractivity contribution in [3.05, 3.63) is 53.6 Å². The number of carbonyl (C=O) groups excluding carboxylic acids is 1. The van der Waals surface area contributed by atoms with Gasteiger partial charge in [-0.3, -0.25) is 4.79 Å². The van der Waals surface area contributed by atoms with E-state index < -0.39 is 0 Å². The third kappa shape index (κ3) is 5.19. The summed E-state index contributed by atoms with van der Waals surface area (Å²) in [5, 5.41) is 16.7. The van der Waals surface area contributed by atoms with Gasteiger partial charge in [-0.2, -0.15) is 0 Å². The third-order valence-electron chi connectivity index (χ3n) is 4.83. The first kappa shape index (κ1) is 20.5. The zero-order valence-electron chi connectivity index (χ0n) is 16.9. The van der Waals surface area contributed by atoms with Crippen LogP contribution in [0.3, 0.4) is 0 Å². The smallest absolute Gasteiger partial charge is 0.227 e. The lowest BCUT2D eigenvalue weighted by Crippen LogP contribution is -2.36. The fourth-order valence-electron chi connectivity index (χ4n) is 3.27. The first-order valence-electron chi connectivity index (χ1n) is 9.88. The Morgan fingerprint density at radius 2 is 2.00 bits per heavy atom. The summed E-state index contributed by atoms with van der Waals surface area (Å²) in [6.07, 6.45) is 1.55. The van der Waals surface area contributed by atoms with Gasteiger partial charge in [0, 0.05) is 37.3 Å². The summed E-state index contributed by atoms with van der Waals surface area (Å²) >= 11 is 0. The summed E-state index contributed by atoms with van der Waals surface area (Å²) in [5.41, 5.74) is 2.73. The molecule has 1 saturated heterocycles. The summed E-state index contributed by atoms with van der Waals surface area (Å²) in [7, 11) is 1.53. The first-order chi connectivity index (χ1) is 14.1. The molecule has 0 bridgehead atoms. The highest BCUT2D eigenvalue weighted by Crippen LogP contribution is 2.29. The van der Waals surface area contributed by atoms with Crippen LogP contribution in [0.2, 0.25) is 0 Å². The lowest BCUT2D eigenvalue weighted by molar-refractivity contribution is -0.117. The molecule has 154 valence electrons. The maximum absolute atomic E-state index is 11.9. The number of guanidine groups is 1. The van der Waals surface area contributed by atoms with Gasteiger partial charge in [-0.05, 0) is 37.1 Å². The number of ether oxygens (including phenoxy) is 1. The number of benzene rings is 2. The maximum atomic E-state index is 11.9. The molecule has 7 heteroatoms. The van der Waals surface area contributed by atoms with E-state index in [0.29, 0.717) is 31.2 Å². The molecule has 2 aromatic rings. The number of anilines is 1. The highest BCUT2D eigenvalue weighted by atomic mass is 16.5. The normalized spacial score (nSPS) is 14.2. The van der Waals surface area contributed by atoms with E-state index in [1.54, 1.807) is 6.07 Å². The van der Waals surface area contributed by atoms with Gasteiger partial charge in [0.05, 0.1) is 13.7 Å². The van der Waals surface area contributed by atoms with E-state index in [2.05, 4.69) is 15.6 Å². The summed E-state index contributed by atoms with van der Waals surface area (Å²) in [4.78, 5) is 18.3. The van der Waals surface area contributed by atoms with E-state index >= 15 is 0 Å². The van der Waals surface area contributed by atoms with Crippen LogP contribution in [-0.2, 0) is 17.9 Å². The number of phenolic OH excluding ortho intramolecular Hbond substituents is 1. The van der Waals surface area contributed by atoms with Crippen molar-refractivity contribution in [2.45, 2.75) is 32.9 Å². The van der Waals surface area contributed by atoms with Crippen LogP contribution in [0, 0.1) is 0 Å². The monoisotopic (exact) mass is 396 g/mol. The number of hydrogen-bond acceptors (Lipinski definition) is 4. The van der Waals surface area contributed by atoms with Gasteiger partial charge in [-0.15, -0.1) is 0 Å². The zero-order valence-corrected chi connectivity index (χ0v) is 16.9. The minimum Gasteiger partial charge on any atom is -0.504 e. The Morgan fingerprint density at radius 1 is 1.21 bits per heavy atom. The standard InChI is InChI=1S/C22H28N4O3/c1-3-23-22(25-15-17-6-4-7-19(29-2)21(17)28)24-14-16-9-11-18(12-10-16)26-13-5-8-20(26)27/h4,6-7,9-12,28H,3,5,8,13-15H2,1-2H3,(H2,23,24,25). The Bertz CT molecular complexity index is 865. The SMILES string of the molecule is CCNC(=NCc1ccc(N2CCCC2=O)cc1)NCc1cccc(OC)c1O. The molecular weight excluding hydrogens is 368 g/mol. The topological polar surface area (TPSA) is 86.2 Å². The molecule has 7 nitrogen and oxygen atoms in total. The molecule has 29 heavy (non-hydrogen) atoms. The van der Waals surface area contributed by atoms with Crippen molar-refractivity contribution in [1.82, 2.24) is 10.6 Å². The summed E-state index contributed by atoms with van der Waals surface area (Å²) in [6.45, 7) is 4.45. The highest BCUT2D eigenvalue weighted by molar-refractivity contribution is 5.95. The van der Waals surface area contributed by atoms with Gasteiger partial charge in [0.1, 0.15) is 0 Å². The Balaban J connectivity index is 1.62. The van der Waals surface area contributed by atoms with Crippen LogP contribution in [0.25, 0.3) is 0 Å². The number of phenols is 1. The number of aromatic hydroxyl groups is 1. The molecule has 0 unspecified atom stereocenters. The molecule has 0 aliphatic carbocycles. The Hall–Kier alpha value is -3.22. The van der Waals surface area contributed by atoms with Gasteiger partial charge in [0.25, 0.3) is 0 Å². The molecule has 0 radical (unpaired) electrons. The fourth-order valence-corrected chi connectivity index (χ4v) is 3.27. The minimum absolute atomic E-state index is 0.130. The average molecular weight is 396 g/mol. The maximum Gasteiger partial charge on any atom is 0.227 e. The van der Waals surface area contributed by atoms with E-state index in [-0.39, 0.29) is 11.7 Å². The fraction of sp³-hybridized carbons (Fsp3) is 0.364. The molecule has 1 aliphatic rings.